The molecule has 9 heteroatoms. The molecular weight excluding hydrogens is 382 g/mol. The van der Waals surface area contributed by atoms with Crippen LogP contribution in [0.25, 0.3) is 0 Å². The summed E-state index contributed by atoms with van der Waals surface area (Å²) in [6.07, 6.45) is 4.36. The molecule has 0 unspecified atom stereocenters. The van der Waals surface area contributed by atoms with Gasteiger partial charge in [-0.15, -0.1) is 6.58 Å². The second-order valence-corrected chi connectivity index (χ2v) is 7.83. The minimum Gasteiger partial charge on any atom is -0.497 e. The number of amides is 2. The Morgan fingerprint density at radius 2 is 1.86 bits per heavy atom. The molecule has 0 bridgehead atoms. The summed E-state index contributed by atoms with van der Waals surface area (Å²) in [5.74, 6) is -1.28. The fourth-order valence-electron chi connectivity index (χ4n) is 2.41. The van der Waals surface area contributed by atoms with Crippen molar-refractivity contribution in [3.8, 4) is 5.75 Å². The van der Waals surface area contributed by atoms with E-state index in [4.69, 9.17) is 4.74 Å². The second kappa shape index (κ2) is 9.65. The summed E-state index contributed by atoms with van der Waals surface area (Å²) >= 11 is 0. The van der Waals surface area contributed by atoms with E-state index in [1.165, 1.54) is 49.8 Å². The summed E-state index contributed by atoms with van der Waals surface area (Å²) in [7, 11) is -2.39. The second-order valence-electron chi connectivity index (χ2n) is 5.70. The van der Waals surface area contributed by atoms with Crippen LogP contribution in [0.15, 0.2) is 66.3 Å². The van der Waals surface area contributed by atoms with Crippen LogP contribution in [0.2, 0.25) is 0 Å². The zero-order valence-electron chi connectivity index (χ0n) is 15.3. The van der Waals surface area contributed by atoms with Crippen molar-refractivity contribution in [2.45, 2.75) is 10.1 Å². The highest BCUT2D eigenvalue weighted by Crippen LogP contribution is 2.29. The molecule has 0 aliphatic rings. The number of benzene rings is 1. The zero-order valence-corrected chi connectivity index (χ0v) is 16.1. The highest BCUT2D eigenvalue weighted by atomic mass is 32.2. The predicted molar refractivity (Wildman–Crippen MR) is 103 cm³/mol. The van der Waals surface area contributed by atoms with Gasteiger partial charge in [0.05, 0.1) is 12.0 Å². The number of carbonyl (C=O) groups excluding carboxylic acids is 2. The van der Waals surface area contributed by atoms with Crippen LogP contribution in [0, 0.1) is 0 Å². The highest BCUT2D eigenvalue weighted by molar-refractivity contribution is 7.91. The molecule has 2 N–H and O–H groups in total. The number of rotatable bonds is 8. The van der Waals surface area contributed by atoms with Crippen LogP contribution in [0.1, 0.15) is 10.8 Å². The van der Waals surface area contributed by atoms with E-state index in [1.807, 2.05) is 0 Å². The van der Waals surface area contributed by atoms with Crippen LogP contribution < -0.4 is 15.4 Å². The molecule has 1 atom stereocenters. The molecular formula is C19H21N3O5S. The molecule has 0 aliphatic heterocycles. The van der Waals surface area contributed by atoms with E-state index in [9.17, 15) is 18.0 Å². The van der Waals surface area contributed by atoms with E-state index in [2.05, 4.69) is 22.2 Å². The van der Waals surface area contributed by atoms with Gasteiger partial charge in [-0.3, -0.25) is 14.6 Å². The normalized spacial score (nSPS) is 11.9. The molecule has 1 aromatic heterocycles. The smallest absolute Gasteiger partial charge is 0.309 e. The minimum absolute atomic E-state index is 0.0625. The van der Waals surface area contributed by atoms with Gasteiger partial charge in [-0.2, -0.15) is 0 Å². The topological polar surface area (TPSA) is 114 Å². The molecule has 148 valence electrons. The maximum atomic E-state index is 13.2. The van der Waals surface area contributed by atoms with Gasteiger partial charge in [0.15, 0.2) is 9.84 Å². The number of aromatic nitrogens is 1. The van der Waals surface area contributed by atoms with Crippen molar-refractivity contribution in [3.05, 3.63) is 67.0 Å². The molecule has 1 aromatic carbocycles. The lowest BCUT2D eigenvalue weighted by Crippen LogP contribution is -2.42. The minimum atomic E-state index is -3.88. The van der Waals surface area contributed by atoms with Crippen molar-refractivity contribution < 1.29 is 22.7 Å². The van der Waals surface area contributed by atoms with Gasteiger partial charge in [-0.1, -0.05) is 12.1 Å². The highest BCUT2D eigenvalue weighted by Gasteiger charge is 2.30. The molecule has 8 nitrogen and oxygen atoms in total. The van der Waals surface area contributed by atoms with Gasteiger partial charge in [-0.25, -0.2) is 8.42 Å². The molecule has 2 rings (SSSR count). The fourth-order valence-corrected chi connectivity index (χ4v) is 4.06. The van der Waals surface area contributed by atoms with Crippen LogP contribution in [-0.2, 0) is 19.4 Å². The maximum Gasteiger partial charge on any atom is 0.309 e. The number of nitrogens with zero attached hydrogens (tertiary/aromatic N) is 1. The van der Waals surface area contributed by atoms with Gasteiger partial charge in [0.1, 0.15) is 11.0 Å². The largest absolute Gasteiger partial charge is 0.497 e. The van der Waals surface area contributed by atoms with Crippen molar-refractivity contribution in [2.24, 2.45) is 0 Å². The SMILES string of the molecule is C=CCNC(=O)C(=O)NC[C@H](c1cccnc1)S(=O)(=O)c1ccc(OC)cc1. The third-order valence-electron chi connectivity index (χ3n) is 3.88. The molecule has 2 amide bonds. The summed E-state index contributed by atoms with van der Waals surface area (Å²) in [5.41, 5.74) is 0.394. The van der Waals surface area contributed by atoms with Gasteiger partial charge in [-0.05, 0) is 35.9 Å². The third kappa shape index (κ3) is 5.17. The number of hydrogen-bond donors (Lipinski definition) is 2. The lowest BCUT2D eigenvalue weighted by molar-refractivity contribution is -0.139. The Labute approximate surface area is 163 Å². The molecule has 1 heterocycles. The Morgan fingerprint density at radius 3 is 2.43 bits per heavy atom. The number of pyridine rings is 1. The first kappa shape index (κ1) is 21.1. The van der Waals surface area contributed by atoms with Crippen molar-refractivity contribution >= 4 is 21.7 Å². The van der Waals surface area contributed by atoms with Gasteiger partial charge in [0.2, 0.25) is 0 Å². The summed E-state index contributed by atoms with van der Waals surface area (Å²) < 4.78 is 31.4. The maximum absolute atomic E-state index is 13.2. The lowest BCUT2D eigenvalue weighted by Gasteiger charge is -2.18. The summed E-state index contributed by atoms with van der Waals surface area (Å²) in [4.78, 5) is 27.7. The van der Waals surface area contributed by atoms with E-state index in [1.54, 1.807) is 12.1 Å². The van der Waals surface area contributed by atoms with Crippen LogP contribution in [0.3, 0.4) is 0 Å². The zero-order chi connectivity index (χ0) is 20.6. The number of hydrogen-bond acceptors (Lipinski definition) is 6. The molecule has 0 saturated carbocycles. The van der Waals surface area contributed by atoms with Crippen molar-refractivity contribution in [3.63, 3.8) is 0 Å². The van der Waals surface area contributed by atoms with Gasteiger partial charge in [0, 0.05) is 25.5 Å². The van der Waals surface area contributed by atoms with Crippen molar-refractivity contribution in [1.82, 2.24) is 15.6 Å². The van der Waals surface area contributed by atoms with E-state index in [0.29, 0.717) is 11.3 Å². The standard InChI is InChI=1S/C19H21N3O5S/c1-3-10-21-18(23)19(24)22-13-17(14-5-4-11-20-12-14)28(25,26)16-8-6-15(27-2)7-9-16/h3-9,11-12,17H,1,10,13H2,2H3,(H,21,23)(H,22,24)/t17-/m1/s1. The Kier molecular flexibility index (Phi) is 7.28. The number of methoxy groups -OCH3 is 1. The molecule has 0 radical (unpaired) electrons. The third-order valence-corrected chi connectivity index (χ3v) is 6.00. The van der Waals surface area contributed by atoms with Gasteiger partial charge in [0.25, 0.3) is 0 Å². The summed E-state index contributed by atoms with van der Waals surface area (Å²) in [6, 6.07) is 9.13. The molecule has 2 aromatic rings. The van der Waals surface area contributed by atoms with E-state index in [-0.39, 0.29) is 18.0 Å². The first-order chi connectivity index (χ1) is 13.4. The predicted octanol–water partition coefficient (Wildman–Crippen LogP) is 1.02. The Balaban J connectivity index is 2.28. The van der Waals surface area contributed by atoms with Crippen molar-refractivity contribution in [2.75, 3.05) is 20.2 Å². The number of nitrogens with one attached hydrogen (secondary N) is 2. The Morgan fingerprint density at radius 1 is 1.18 bits per heavy atom. The lowest BCUT2D eigenvalue weighted by atomic mass is 10.2. The van der Waals surface area contributed by atoms with E-state index >= 15 is 0 Å². The van der Waals surface area contributed by atoms with Crippen LogP contribution >= 0.6 is 0 Å². The Bertz CT molecular complexity index is 928. The average molecular weight is 403 g/mol. The Hall–Kier alpha value is -3.20. The van der Waals surface area contributed by atoms with E-state index < -0.39 is 26.9 Å². The molecule has 0 aliphatic carbocycles. The molecule has 0 saturated heterocycles. The number of ether oxygens (including phenoxy) is 1. The van der Waals surface area contributed by atoms with Crippen LogP contribution in [-0.4, -0.2) is 45.4 Å². The van der Waals surface area contributed by atoms with Crippen LogP contribution in [0.4, 0.5) is 0 Å². The van der Waals surface area contributed by atoms with Crippen LogP contribution in [0.5, 0.6) is 5.75 Å². The first-order valence-corrected chi connectivity index (χ1v) is 9.89. The van der Waals surface area contributed by atoms with Gasteiger partial charge >= 0.3 is 11.8 Å². The summed E-state index contributed by atoms with van der Waals surface area (Å²) in [6.45, 7) is 3.28. The van der Waals surface area contributed by atoms with Gasteiger partial charge < -0.3 is 15.4 Å². The quantitative estimate of drug-likeness (QED) is 0.502. The summed E-state index contributed by atoms with van der Waals surface area (Å²) in [5, 5.41) is 3.59. The van der Waals surface area contributed by atoms with E-state index in [0.717, 1.165) is 0 Å². The average Bonchev–Trinajstić information content (AvgIpc) is 2.72. The number of sulfone groups is 1. The number of carbonyl (C=O) groups is 2. The molecule has 0 spiro atoms. The first-order valence-electron chi connectivity index (χ1n) is 8.35. The fraction of sp³-hybridized carbons (Fsp3) is 0.211. The van der Waals surface area contributed by atoms with Crippen molar-refractivity contribution in [1.29, 1.82) is 0 Å². The monoisotopic (exact) mass is 403 g/mol. The molecule has 28 heavy (non-hydrogen) atoms. The molecule has 0 fully saturated rings.